The summed E-state index contributed by atoms with van der Waals surface area (Å²) < 4.78 is 118. The van der Waals surface area contributed by atoms with E-state index in [9.17, 15) is 39.5 Å². The van der Waals surface area contributed by atoms with E-state index < -0.39 is 41.6 Å². The Hall–Kier alpha value is -2.90. The Bertz CT molecular complexity index is 898. The molecule has 1 unspecified atom stereocenters. The molecule has 0 radical (unpaired) electrons. The van der Waals surface area contributed by atoms with E-state index in [1.54, 1.807) is 0 Å². The molecular formula is C17H16F9N5. The fourth-order valence-electron chi connectivity index (χ4n) is 2.29. The van der Waals surface area contributed by atoms with E-state index in [4.69, 9.17) is 16.9 Å². The van der Waals surface area contributed by atoms with E-state index in [0.717, 1.165) is 18.3 Å². The van der Waals surface area contributed by atoms with Crippen LogP contribution in [0.1, 0.15) is 11.1 Å². The average Bonchev–Trinajstić information content (AvgIpc) is 2.66. The van der Waals surface area contributed by atoms with E-state index in [0.29, 0.717) is 13.3 Å². The zero-order valence-electron chi connectivity index (χ0n) is 15.6. The zero-order valence-corrected chi connectivity index (χ0v) is 15.6. The maximum absolute atomic E-state index is 13.5. The molecule has 172 valence electrons. The molecule has 0 aliphatic heterocycles. The van der Waals surface area contributed by atoms with Crippen molar-refractivity contribution in [1.29, 1.82) is 5.41 Å². The lowest BCUT2D eigenvalue weighted by atomic mass is 9.95. The highest BCUT2D eigenvalue weighted by atomic mass is 19.4. The first-order valence-corrected chi connectivity index (χ1v) is 8.13. The first-order valence-electron chi connectivity index (χ1n) is 8.13. The first-order chi connectivity index (χ1) is 14.1. The molecule has 1 atom stereocenters. The van der Waals surface area contributed by atoms with Crippen molar-refractivity contribution in [2.45, 2.75) is 24.8 Å². The number of benzene rings is 1. The molecule has 0 spiro atoms. The number of hydrogen-bond acceptors (Lipinski definition) is 4. The molecule has 0 saturated heterocycles. The molecule has 5 nitrogen and oxygen atoms in total. The SMILES string of the molecule is CN=C(N=CC(=CN)c1ccc(F)c(CN)c1)C(C(=N)C(F)(F)C(F)(F)F)C(F)(F)F. The minimum atomic E-state index is -6.44. The molecule has 0 aliphatic rings. The Labute approximate surface area is 169 Å². The smallest absolute Gasteiger partial charge is 0.404 e. The van der Waals surface area contributed by atoms with Crippen LogP contribution in [0, 0.1) is 17.1 Å². The minimum Gasteiger partial charge on any atom is -0.404 e. The van der Waals surface area contributed by atoms with Gasteiger partial charge < -0.3 is 16.9 Å². The normalized spacial score (nSPS) is 15.5. The van der Waals surface area contributed by atoms with E-state index >= 15 is 0 Å². The number of alkyl halides is 8. The number of hydrogen-bond donors (Lipinski definition) is 3. The van der Waals surface area contributed by atoms with Gasteiger partial charge in [-0.3, -0.25) is 4.99 Å². The molecule has 0 amide bonds. The standard InChI is InChI=1S/C17H16F9N5/c1-30-14(12(16(21,22)23)13(29)15(19,20)17(24,25)26)31-7-10(6-28)8-2-3-11(18)9(4-8)5-27/h2-4,6-7,12,29H,5,27-28H2,1H3. The van der Waals surface area contributed by atoms with Crippen LogP contribution in [0.3, 0.4) is 0 Å². The molecule has 5 N–H and O–H groups in total. The van der Waals surface area contributed by atoms with Gasteiger partial charge in [0.15, 0.2) is 5.92 Å². The molecule has 1 aromatic rings. The van der Waals surface area contributed by atoms with Crippen molar-refractivity contribution in [3.63, 3.8) is 0 Å². The Kier molecular flexibility index (Phi) is 8.00. The van der Waals surface area contributed by atoms with E-state index in [2.05, 4.69) is 9.98 Å². The third-order valence-electron chi connectivity index (χ3n) is 3.91. The third-order valence-corrected chi connectivity index (χ3v) is 3.91. The summed E-state index contributed by atoms with van der Waals surface area (Å²) in [5.41, 5.74) is 7.69. The fourth-order valence-corrected chi connectivity index (χ4v) is 2.29. The lowest BCUT2D eigenvalue weighted by Crippen LogP contribution is -2.52. The average molecular weight is 461 g/mol. The number of allylic oxidation sites excluding steroid dienone is 1. The Morgan fingerprint density at radius 3 is 2.13 bits per heavy atom. The van der Waals surface area contributed by atoms with Crippen molar-refractivity contribution in [2.24, 2.45) is 27.4 Å². The van der Waals surface area contributed by atoms with Gasteiger partial charge in [-0.15, -0.1) is 0 Å². The molecule has 14 heteroatoms. The van der Waals surface area contributed by atoms with Gasteiger partial charge in [0.1, 0.15) is 17.4 Å². The number of rotatable bonds is 6. The van der Waals surface area contributed by atoms with Crippen LogP contribution < -0.4 is 11.5 Å². The number of amidine groups is 1. The van der Waals surface area contributed by atoms with Crippen molar-refractivity contribution >= 4 is 23.3 Å². The van der Waals surface area contributed by atoms with Gasteiger partial charge in [0.2, 0.25) is 0 Å². The van der Waals surface area contributed by atoms with E-state index in [1.165, 1.54) is 6.07 Å². The second-order valence-electron chi connectivity index (χ2n) is 5.93. The number of halogens is 9. The predicted molar refractivity (Wildman–Crippen MR) is 96.6 cm³/mol. The van der Waals surface area contributed by atoms with Gasteiger partial charge in [-0.2, -0.15) is 35.1 Å². The molecule has 31 heavy (non-hydrogen) atoms. The topological polar surface area (TPSA) is 101 Å². The first kappa shape index (κ1) is 26.1. The number of nitrogens with one attached hydrogen (secondary N) is 1. The zero-order chi connectivity index (χ0) is 24.2. The van der Waals surface area contributed by atoms with E-state index in [-0.39, 0.29) is 23.2 Å². The Morgan fingerprint density at radius 1 is 1.13 bits per heavy atom. The molecule has 1 aromatic carbocycles. The van der Waals surface area contributed by atoms with Crippen LogP contribution >= 0.6 is 0 Å². The van der Waals surface area contributed by atoms with Crippen LogP contribution in [-0.2, 0) is 6.54 Å². The summed E-state index contributed by atoms with van der Waals surface area (Å²) in [6, 6.07) is 3.31. The quantitative estimate of drug-likeness (QED) is 0.338. The van der Waals surface area contributed by atoms with Crippen molar-refractivity contribution in [3.8, 4) is 0 Å². The summed E-state index contributed by atoms with van der Waals surface area (Å²) in [4.78, 5) is 6.27. The summed E-state index contributed by atoms with van der Waals surface area (Å²) in [5.74, 6) is -12.1. The van der Waals surface area contributed by atoms with E-state index in [1.807, 2.05) is 0 Å². The Morgan fingerprint density at radius 2 is 1.71 bits per heavy atom. The fraction of sp³-hybridized carbons (Fsp3) is 0.353. The lowest BCUT2D eigenvalue weighted by Gasteiger charge is -2.27. The lowest BCUT2D eigenvalue weighted by molar-refractivity contribution is -0.253. The number of aliphatic imine (C=N–C) groups is 2. The number of nitrogens with zero attached hydrogens (tertiary/aromatic N) is 2. The highest BCUT2D eigenvalue weighted by molar-refractivity contribution is 6.17. The third kappa shape index (κ3) is 5.83. The van der Waals surface area contributed by atoms with Crippen LogP contribution in [0.5, 0.6) is 0 Å². The van der Waals surface area contributed by atoms with Crippen molar-refractivity contribution in [1.82, 2.24) is 0 Å². The maximum atomic E-state index is 13.5. The second kappa shape index (κ2) is 9.49. The molecular weight excluding hydrogens is 445 g/mol. The van der Waals surface area contributed by atoms with Crippen molar-refractivity contribution in [2.75, 3.05) is 7.05 Å². The predicted octanol–water partition coefficient (Wildman–Crippen LogP) is 4.08. The molecule has 0 aliphatic carbocycles. The van der Waals surface area contributed by atoms with Gasteiger partial charge in [-0.05, 0) is 17.7 Å². The van der Waals surface area contributed by atoms with Crippen LogP contribution in [0.4, 0.5) is 39.5 Å². The van der Waals surface area contributed by atoms with Gasteiger partial charge >= 0.3 is 18.3 Å². The van der Waals surface area contributed by atoms with Gasteiger partial charge in [-0.1, -0.05) is 6.07 Å². The van der Waals surface area contributed by atoms with Crippen LogP contribution in [0.15, 0.2) is 34.4 Å². The second-order valence-corrected chi connectivity index (χ2v) is 5.93. The maximum Gasteiger partial charge on any atom is 0.459 e. The largest absolute Gasteiger partial charge is 0.459 e. The van der Waals surface area contributed by atoms with Gasteiger partial charge in [0.25, 0.3) is 0 Å². The Balaban J connectivity index is 3.42. The van der Waals surface area contributed by atoms with Gasteiger partial charge in [0.05, 0.1) is 0 Å². The molecule has 0 fully saturated rings. The van der Waals surface area contributed by atoms with Gasteiger partial charge in [-0.25, -0.2) is 9.38 Å². The molecule has 0 heterocycles. The van der Waals surface area contributed by atoms with Crippen LogP contribution in [0.25, 0.3) is 5.57 Å². The molecule has 0 saturated carbocycles. The highest BCUT2D eigenvalue weighted by Gasteiger charge is 2.66. The van der Waals surface area contributed by atoms with Gasteiger partial charge in [0, 0.05) is 37.1 Å². The van der Waals surface area contributed by atoms with Crippen LogP contribution in [0.2, 0.25) is 0 Å². The molecule has 0 aromatic heterocycles. The summed E-state index contributed by atoms with van der Waals surface area (Å²) in [7, 11) is 0.667. The number of nitrogens with two attached hydrogens (primary N) is 2. The molecule has 1 rings (SSSR count). The summed E-state index contributed by atoms with van der Waals surface area (Å²) in [5, 5.41) is 6.93. The summed E-state index contributed by atoms with van der Waals surface area (Å²) in [6.45, 7) is -0.240. The van der Waals surface area contributed by atoms with Crippen molar-refractivity contribution < 1.29 is 39.5 Å². The summed E-state index contributed by atoms with van der Waals surface area (Å²) >= 11 is 0. The minimum absolute atomic E-state index is 0.00870. The van der Waals surface area contributed by atoms with Crippen LogP contribution in [-0.4, -0.2) is 43.1 Å². The molecule has 0 bridgehead atoms. The summed E-state index contributed by atoms with van der Waals surface area (Å²) in [6.07, 6.45) is -10.8. The van der Waals surface area contributed by atoms with Crippen molar-refractivity contribution in [3.05, 3.63) is 41.3 Å². The monoisotopic (exact) mass is 461 g/mol. The highest BCUT2D eigenvalue weighted by Crippen LogP contribution is 2.42.